The first-order valence-corrected chi connectivity index (χ1v) is 6.93. The maximum absolute atomic E-state index is 4.51. The minimum Gasteiger partial charge on any atom is -0.314 e. The molecule has 17 heavy (non-hydrogen) atoms. The molecular weight excluding hydrogens is 208 g/mol. The summed E-state index contributed by atoms with van der Waals surface area (Å²) in [6.45, 7) is 5.45. The number of pyridine rings is 1. The first kappa shape index (κ1) is 12.6. The molecule has 1 aliphatic carbocycles. The van der Waals surface area contributed by atoms with E-state index in [1.807, 2.05) is 6.20 Å². The molecule has 2 rings (SSSR count). The Morgan fingerprint density at radius 1 is 1.41 bits per heavy atom. The van der Waals surface area contributed by atoms with E-state index in [1.54, 1.807) is 0 Å². The predicted octanol–water partition coefficient (Wildman–Crippen LogP) is 3.10. The molecular formula is C15H24N2. The van der Waals surface area contributed by atoms with Crippen LogP contribution < -0.4 is 5.32 Å². The van der Waals surface area contributed by atoms with E-state index in [-0.39, 0.29) is 0 Å². The van der Waals surface area contributed by atoms with E-state index in [1.165, 1.54) is 36.9 Å². The van der Waals surface area contributed by atoms with E-state index in [0.29, 0.717) is 6.04 Å². The quantitative estimate of drug-likeness (QED) is 0.781. The Balaban J connectivity index is 1.87. The minimum atomic E-state index is 0.623. The predicted molar refractivity (Wildman–Crippen MR) is 72.1 cm³/mol. The van der Waals surface area contributed by atoms with Crippen molar-refractivity contribution >= 4 is 0 Å². The summed E-state index contributed by atoms with van der Waals surface area (Å²) in [4.78, 5) is 4.51. The third-order valence-electron chi connectivity index (χ3n) is 3.43. The van der Waals surface area contributed by atoms with Crippen molar-refractivity contribution in [2.24, 2.45) is 5.92 Å². The van der Waals surface area contributed by atoms with Crippen LogP contribution in [0.1, 0.15) is 43.9 Å². The molecule has 0 aliphatic heterocycles. The van der Waals surface area contributed by atoms with Crippen LogP contribution in [0.4, 0.5) is 0 Å². The Labute approximate surface area is 105 Å². The molecule has 1 atom stereocenters. The van der Waals surface area contributed by atoms with E-state index >= 15 is 0 Å². The van der Waals surface area contributed by atoms with Crippen LogP contribution in [0.3, 0.4) is 0 Å². The molecule has 0 spiro atoms. The van der Waals surface area contributed by atoms with Crippen LogP contribution in [0.25, 0.3) is 0 Å². The fraction of sp³-hybridized carbons (Fsp3) is 0.667. The van der Waals surface area contributed by atoms with Crippen LogP contribution >= 0.6 is 0 Å². The molecule has 0 radical (unpaired) electrons. The number of aryl methyl sites for hydroxylation is 1. The van der Waals surface area contributed by atoms with E-state index < -0.39 is 0 Å². The minimum absolute atomic E-state index is 0.623. The summed E-state index contributed by atoms with van der Waals surface area (Å²) in [6.07, 6.45) is 8.47. The maximum atomic E-state index is 4.51. The number of nitrogens with zero attached hydrogens (tertiary/aromatic N) is 1. The van der Waals surface area contributed by atoms with Gasteiger partial charge in [0.25, 0.3) is 0 Å². The molecule has 1 aliphatic rings. The van der Waals surface area contributed by atoms with Gasteiger partial charge in [-0.1, -0.05) is 25.8 Å². The summed E-state index contributed by atoms with van der Waals surface area (Å²) in [5.41, 5.74) is 2.47. The van der Waals surface area contributed by atoms with Crippen LogP contribution in [0.15, 0.2) is 18.3 Å². The molecule has 0 bridgehead atoms. The lowest BCUT2D eigenvalue weighted by atomic mass is 10.0. The Kier molecular flexibility index (Phi) is 4.55. The lowest BCUT2D eigenvalue weighted by molar-refractivity contribution is 0.451. The first-order valence-electron chi connectivity index (χ1n) is 6.93. The summed E-state index contributed by atoms with van der Waals surface area (Å²) < 4.78 is 0. The summed E-state index contributed by atoms with van der Waals surface area (Å²) in [7, 11) is 0. The van der Waals surface area contributed by atoms with Gasteiger partial charge in [-0.3, -0.25) is 4.98 Å². The van der Waals surface area contributed by atoms with Gasteiger partial charge < -0.3 is 5.32 Å². The normalized spacial score (nSPS) is 17.1. The van der Waals surface area contributed by atoms with Crippen molar-refractivity contribution < 1.29 is 0 Å². The monoisotopic (exact) mass is 232 g/mol. The number of rotatable bonds is 7. The molecule has 94 valence electrons. The lowest BCUT2D eigenvalue weighted by Crippen LogP contribution is -2.32. The molecule has 1 aromatic heterocycles. The van der Waals surface area contributed by atoms with E-state index in [0.717, 1.165) is 18.9 Å². The topological polar surface area (TPSA) is 24.9 Å². The third-order valence-corrected chi connectivity index (χ3v) is 3.43. The van der Waals surface area contributed by atoms with Crippen molar-refractivity contribution in [2.75, 3.05) is 6.54 Å². The van der Waals surface area contributed by atoms with Gasteiger partial charge in [0.05, 0.1) is 0 Å². The van der Waals surface area contributed by atoms with Crippen LogP contribution in [0, 0.1) is 12.8 Å². The zero-order valence-electron chi connectivity index (χ0n) is 11.1. The maximum Gasteiger partial charge on any atom is 0.0419 e. The SMILES string of the molecule is CCCNC(Cc1ccc(C)cn1)CC1CC1. The lowest BCUT2D eigenvalue weighted by Gasteiger charge is -2.18. The molecule has 1 N–H and O–H groups in total. The highest BCUT2D eigenvalue weighted by atomic mass is 14.9. The second-order valence-electron chi connectivity index (χ2n) is 5.36. The molecule has 0 aromatic carbocycles. The van der Waals surface area contributed by atoms with Crippen LogP contribution in [-0.2, 0) is 6.42 Å². The molecule has 0 amide bonds. The van der Waals surface area contributed by atoms with Crippen LogP contribution in [0.5, 0.6) is 0 Å². The average Bonchev–Trinajstić information content (AvgIpc) is 3.13. The van der Waals surface area contributed by atoms with Crippen molar-refractivity contribution in [1.82, 2.24) is 10.3 Å². The number of hydrogen-bond donors (Lipinski definition) is 1. The fourth-order valence-electron chi connectivity index (χ4n) is 2.21. The van der Waals surface area contributed by atoms with Gasteiger partial charge in [0.1, 0.15) is 0 Å². The molecule has 1 unspecified atom stereocenters. The van der Waals surface area contributed by atoms with Crippen LogP contribution in [0.2, 0.25) is 0 Å². The second kappa shape index (κ2) is 6.15. The van der Waals surface area contributed by atoms with Gasteiger partial charge in [-0.2, -0.15) is 0 Å². The van der Waals surface area contributed by atoms with Crippen molar-refractivity contribution in [2.45, 2.75) is 52.0 Å². The fourth-order valence-corrected chi connectivity index (χ4v) is 2.21. The Bertz CT molecular complexity index is 327. The summed E-state index contributed by atoms with van der Waals surface area (Å²) >= 11 is 0. The highest BCUT2D eigenvalue weighted by Crippen LogP contribution is 2.34. The van der Waals surface area contributed by atoms with Gasteiger partial charge in [0, 0.05) is 24.4 Å². The molecule has 2 heteroatoms. The molecule has 1 fully saturated rings. The molecule has 2 nitrogen and oxygen atoms in total. The second-order valence-corrected chi connectivity index (χ2v) is 5.36. The van der Waals surface area contributed by atoms with Gasteiger partial charge in [0.2, 0.25) is 0 Å². The van der Waals surface area contributed by atoms with E-state index in [4.69, 9.17) is 0 Å². The van der Waals surface area contributed by atoms with Crippen molar-refractivity contribution in [3.8, 4) is 0 Å². The van der Waals surface area contributed by atoms with Crippen molar-refractivity contribution in [1.29, 1.82) is 0 Å². The van der Waals surface area contributed by atoms with Gasteiger partial charge >= 0.3 is 0 Å². The van der Waals surface area contributed by atoms with Crippen LogP contribution in [-0.4, -0.2) is 17.6 Å². The largest absolute Gasteiger partial charge is 0.314 e. The smallest absolute Gasteiger partial charge is 0.0419 e. The van der Waals surface area contributed by atoms with Crippen molar-refractivity contribution in [3.63, 3.8) is 0 Å². The molecule has 1 heterocycles. The van der Waals surface area contributed by atoms with Gasteiger partial charge in [-0.05, 0) is 43.9 Å². The highest BCUT2D eigenvalue weighted by molar-refractivity contribution is 5.13. The van der Waals surface area contributed by atoms with Gasteiger partial charge in [0.15, 0.2) is 0 Å². The standard InChI is InChI=1S/C15H24N2/c1-3-8-16-15(9-13-5-6-13)10-14-7-4-12(2)11-17-14/h4,7,11,13,15-16H,3,5-6,8-10H2,1-2H3. The van der Waals surface area contributed by atoms with E-state index in [2.05, 4.69) is 36.3 Å². The Hall–Kier alpha value is -0.890. The number of aromatic nitrogens is 1. The Morgan fingerprint density at radius 3 is 2.82 bits per heavy atom. The summed E-state index contributed by atoms with van der Waals surface area (Å²) in [5.74, 6) is 0.981. The molecule has 0 saturated heterocycles. The first-order chi connectivity index (χ1) is 8.28. The van der Waals surface area contributed by atoms with Gasteiger partial charge in [-0.25, -0.2) is 0 Å². The highest BCUT2D eigenvalue weighted by Gasteiger charge is 2.25. The number of hydrogen-bond acceptors (Lipinski definition) is 2. The third kappa shape index (κ3) is 4.47. The zero-order chi connectivity index (χ0) is 12.1. The van der Waals surface area contributed by atoms with Gasteiger partial charge in [-0.15, -0.1) is 0 Å². The number of nitrogens with one attached hydrogen (secondary N) is 1. The molecule has 1 aromatic rings. The Morgan fingerprint density at radius 2 is 2.24 bits per heavy atom. The zero-order valence-corrected chi connectivity index (χ0v) is 11.1. The average molecular weight is 232 g/mol. The van der Waals surface area contributed by atoms with Crippen molar-refractivity contribution in [3.05, 3.63) is 29.6 Å². The summed E-state index contributed by atoms with van der Waals surface area (Å²) in [5, 5.41) is 3.66. The van der Waals surface area contributed by atoms with E-state index in [9.17, 15) is 0 Å². The summed E-state index contributed by atoms with van der Waals surface area (Å²) in [6, 6.07) is 4.96. The molecule has 1 saturated carbocycles.